The number of nitrogens with zero attached hydrogens (tertiary/aromatic N) is 2. The fraction of sp³-hybridized carbons (Fsp3) is 0. The first-order chi connectivity index (χ1) is 16.9. The lowest BCUT2D eigenvalue weighted by Crippen LogP contribution is -2.13. The van der Waals surface area contributed by atoms with E-state index in [-0.39, 0.29) is 21.4 Å². The molecule has 0 fully saturated rings. The maximum Gasteiger partial charge on any atom is 0.263 e. The topological polar surface area (TPSA) is 170 Å². The Hall–Kier alpha value is -3.58. The van der Waals surface area contributed by atoms with Crippen molar-refractivity contribution in [1.82, 2.24) is 9.97 Å². The van der Waals surface area contributed by atoms with Gasteiger partial charge in [0.25, 0.3) is 20.0 Å². The lowest BCUT2D eigenvalue weighted by Gasteiger charge is -2.07. The average molecular weight is 567 g/mol. The van der Waals surface area contributed by atoms with E-state index in [2.05, 4.69) is 19.4 Å². The van der Waals surface area contributed by atoms with Crippen molar-refractivity contribution in [2.75, 3.05) is 20.9 Å². The van der Waals surface area contributed by atoms with Crippen LogP contribution in [0.4, 0.5) is 23.0 Å². The number of halogens is 2. The van der Waals surface area contributed by atoms with Crippen molar-refractivity contribution in [2.24, 2.45) is 0 Å². The minimum atomic E-state index is -3.65. The van der Waals surface area contributed by atoms with Crippen molar-refractivity contribution in [1.29, 1.82) is 0 Å². The summed E-state index contributed by atoms with van der Waals surface area (Å²) in [5.74, 6) is 0.410. The molecule has 0 atom stereocenters. The summed E-state index contributed by atoms with van der Waals surface area (Å²) in [5.41, 5.74) is 12.0. The van der Waals surface area contributed by atoms with E-state index in [0.29, 0.717) is 21.4 Å². The summed E-state index contributed by atoms with van der Waals surface area (Å²) < 4.78 is 52.6. The first-order valence-electron chi connectivity index (χ1n) is 9.94. The number of nitrogen functional groups attached to an aromatic ring is 2. The van der Waals surface area contributed by atoms with Crippen LogP contribution < -0.4 is 20.9 Å². The van der Waals surface area contributed by atoms with Crippen LogP contribution in [0, 0.1) is 0 Å². The van der Waals surface area contributed by atoms with E-state index in [4.69, 9.17) is 34.7 Å². The van der Waals surface area contributed by atoms with E-state index < -0.39 is 20.0 Å². The van der Waals surface area contributed by atoms with Gasteiger partial charge in [-0.2, -0.15) is 0 Å². The normalized spacial score (nSPS) is 11.2. The van der Waals surface area contributed by atoms with Crippen LogP contribution in [-0.4, -0.2) is 26.8 Å². The molecule has 10 nitrogen and oxygen atoms in total. The van der Waals surface area contributed by atoms with Gasteiger partial charge in [0.05, 0.1) is 19.8 Å². The number of hydrogen-bond acceptors (Lipinski definition) is 8. The highest BCUT2D eigenvalue weighted by atomic mass is 35.5. The maximum atomic E-state index is 12.0. The van der Waals surface area contributed by atoms with Gasteiger partial charge in [-0.15, -0.1) is 0 Å². The van der Waals surface area contributed by atoms with Crippen molar-refractivity contribution in [3.8, 4) is 0 Å². The zero-order valence-electron chi connectivity index (χ0n) is 18.3. The standard InChI is InChI=1S/2C11H10ClN3O2S/c2*12-8-1-6-11(14-7-8)15-18(16,17)10-4-2-9(13)3-5-10/h2*1-7H,13H2,(H,14,15). The molecule has 0 saturated heterocycles. The Morgan fingerprint density at radius 1 is 0.556 bits per heavy atom. The van der Waals surface area contributed by atoms with Gasteiger partial charge in [-0.25, -0.2) is 26.8 Å². The Bertz CT molecular complexity index is 1400. The van der Waals surface area contributed by atoms with Gasteiger partial charge in [0, 0.05) is 23.8 Å². The number of benzene rings is 2. The molecule has 0 aliphatic carbocycles. The number of hydrogen-bond donors (Lipinski definition) is 4. The molecule has 2 aromatic carbocycles. The van der Waals surface area contributed by atoms with Gasteiger partial charge < -0.3 is 11.5 Å². The molecule has 0 radical (unpaired) electrons. The Morgan fingerprint density at radius 3 is 1.17 bits per heavy atom. The molecule has 0 amide bonds. The van der Waals surface area contributed by atoms with Crippen LogP contribution in [0.25, 0.3) is 0 Å². The van der Waals surface area contributed by atoms with Crippen molar-refractivity contribution < 1.29 is 16.8 Å². The number of aromatic nitrogens is 2. The summed E-state index contributed by atoms with van der Waals surface area (Å²) in [5, 5.41) is 0.871. The molecule has 2 aromatic heterocycles. The van der Waals surface area contributed by atoms with E-state index >= 15 is 0 Å². The second-order valence-corrected chi connectivity index (χ2v) is 11.3. The van der Waals surface area contributed by atoms with Crippen LogP contribution in [0.5, 0.6) is 0 Å². The fourth-order valence-electron chi connectivity index (χ4n) is 2.56. The largest absolute Gasteiger partial charge is 0.399 e. The van der Waals surface area contributed by atoms with Gasteiger partial charge in [0.2, 0.25) is 0 Å². The quantitative estimate of drug-likeness (QED) is 0.251. The highest BCUT2D eigenvalue weighted by molar-refractivity contribution is 7.93. The molecule has 4 aromatic rings. The fourth-order valence-corrected chi connectivity index (χ4v) is 4.80. The summed E-state index contributed by atoms with van der Waals surface area (Å²) >= 11 is 11.3. The Kier molecular flexibility index (Phi) is 8.58. The van der Waals surface area contributed by atoms with Crippen molar-refractivity contribution in [3.63, 3.8) is 0 Å². The van der Waals surface area contributed by atoms with Gasteiger partial charge in [-0.1, -0.05) is 23.2 Å². The number of anilines is 4. The smallest absolute Gasteiger partial charge is 0.263 e. The monoisotopic (exact) mass is 566 g/mol. The number of rotatable bonds is 6. The van der Waals surface area contributed by atoms with Crippen molar-refractivity contribution >= 4 is 66.3 Å². The van der Waals surface area contributed by atoms with E-state index in [1.54, 1.807) is 12.1 Å². The Morgan fingerprint density at radius 2 is 0.889 bits per heavy atom. The summed E-state index contributed by atoms with van der Waals surface area (Å²) in [6, 6.07) is 17.8. The van der Waals surface area contributed by atoms with E-state index in [1.807, 2.05) is 0 Å². The molecule has 188 valence electrons. The van der Waals surface area contributed by atoms with Gasteiger partial charge in [-0.3, -0.25) is 9.44 Å². The first kappa shape index (κ1) is 27.0. The molecule has 0 saturated carbocycles. The molecule has 2 heterocycles. The van der Waals surface area contributed by atoms with Crippen LogP contribution in [0.1, 0.15) is 0 Å². The summed E-state index contributed by atoms with van der Waals surface area (Å²) in [6.07, 6.45) is 2.73. The molecule has 0 aliphatic heterocycles. The van der Waals surface area contributed by atoms with Crippen molar-refractivity contribution in [3.05, 3.63) is 95.2 Å². The van der Waals surface area contributed by atoms with E-state index in [0.717, 1.165) is 0 Å². The Labute approximate surface area is 218 Å². The van der Waals surface area contributed by atoms with Gasteiger partial charge in [0.1, 0.15) is 11.6 Å². The SMILES string of the molecule is Nc1ccc(S(=O)(=O)Nc2ccc(Cl)cn2)cc1.Nc1ccc(S(=O)(=O)Nc2ccc(Cl)cn2)cc1. The summed E-state index contributed by atoms with van der Waals surface area (Å²) in [4.78, 5) is 7.96. The minimum absolute atomic E-state index is 0.119. The van der Waals surface area contributed by atoms with E-state index in [9.17, 15) is 16.8 Å². The molecule has 0 aliphatic rings. The van der Waals surface area contributed by atoms with Gasteiger partial charge in [-0.05, 0) is 72.8 Å². The Balaban J connectivity index is 0.000000201. The number of nitrogens with two attached hydrogens (primary N) is 2. The van der Waals surface area contributed by atoms with Crippen LogP contribution in [0.3, 0.4) is 0 Å². The number of pyridine rings is 2. The van der Waals surface area contributed by atoms with Crippen molar-refractivity contribution in [2.45, 2.75) is 9.79 Å². The molecule has 14 heteroatoms. The molecular formula is C22H20Cl2N6O4S2. The molecule has 4 rings (SSSR count). The zero-order valence-corrected chi connectivity index (χ0v) is 21.5. The molecule has 36 heavy (non-hydrogen) atoms. The highest BCUT2D eigenvalue weighted by Gasteiger charge is 2.15. The number of nitrogens with one attached hydrogen (secondary N) is 2. The van der Waals surface area contributed by atoms with Crippen LogP contribution in [0.2, 0.25) is 10.0 Å². The molecule has 0 spiro atoms. The second-order valence-electron chi connectivity index (χ2n) is 7.07. The summed E-state index contributed by atoms with van der Waals surface area (Å²) in [6.45, 7) is 0. The number of sulfonamides is 2. The first-order valence-corrected chi connectivity index (χ1v) is 13.7. The lowest BCUT2D eigenvalue weighted by atomic mass is 10.3. The minimum Gasteiger partial charge on any atom is -0.399 e. The predicted octanol–water partition coefficient (Wildman–Crippen LogP) is 4.24. The average Bonchev–Trinajstić information content (AvgIpc) is 2.83. The second kappa shape index (κ2) is 11.4. The van der Waals surface area contributed by atoms with Crippen LogP contribution in [-0.2, 0) is 20.0 Å². The third-order valence-electron chi connectivity index (χ3n) is 4.31. The third kappa shape index (κ3) is 7.71. The predicted molar refractivity (Wildman–Crippen MR) is 142 cm³/mol. The molecule has 6 N–H and O–H groups in total. The zero-order chi connectivity index (χ0) is 26.3. The molecular weight excluding hydrogens is 547 g/mol. The van der Waals surface area contributed by atoms with E-state index in [1.165, 1.54) is 73.1 Å². The van der Waals surface area contributed by atoms with Crippen LogP contribution in [0.15, 0.2) is 95.0 Å². The van der Waals surface area contributed by atoms with Crippen LogP contribution >= 0.6 is 23.2 Å². The lowest BCUT2D eigenvalue weighted by molar-refractivity contribution is 0.599. The maximum absolute atomic E-state index is 12.0. The van der Waals surface area contributed by atoms with Gasteiger partial charge in [0.15, 0.2) is 0 Å². The molecule has 0 unspecified atom stereocenters. The third-order valence-corrected chi connectivity index (χ3v) is 7.50. The molecule has 0 bridgehead atoms. The highest BCUT2D eigenvalue weighted by Crippen LogP contribution is 2.18. The van der Waals surface area contributed by atoms with Gasteiger partial charge >= 0.3 is 0 Å². The summed E-state index contributed by atoms with van der Waals surface area (Å²) in [7, 11) is -7.31.